The van der Waals surface area contributed by atoms with E-state index in [-0.39, 0.29) is 5.91 Å². The highest BCUT2D eigenvalue weighted by molar-refractivity contribution is 5.87. The lowest BCUT2D eigenvalue weighted by atomic mass is 9.95. The summed E-state index contributed by atoms with van der Waals surface area (Å²) >= 11 is 0. The Hall–Kier alpha value is -2.23. The molecule has 0 unspecified atom stereocenters. The zero-order chi connectivity index (χ0) is 19.4. The third kappa shape index (κ3) is 7.06. The molecular weight excluding hydrogens is 350 g/mol. The van der Waals surface area contributed by atoms with Crippen LogP contribution in [0.4, 0.5) is 0 Å². The van der Waals surface area contributed by atoms with Gasteiger partial charge in [0, 0.05) is 12.1 Å². The highest BCUT2D eigenvalue weighted by Crippen LogP contribution is 2.32. The maximum Gasteiger partial charge on any atom is 0.244 e. The average Bonchev–Trinajstić information content (AvgIpc) is 3.18. The van der Waals surface area contributed by atoms with Crippen molar-refractivity contribution in [2.75, 3.05) is 6.79 Å². The predicted molar refractivity (Wildman–Crippen MR) is 113 cm³/mol. The SMILES string of the molecule is O=C(/C=C/C=C/CCCCCCc1ccc2c(c1)OCO2)NC1CCCCC1. The van der Waals surface area contributed by atoms with Crippen molar-refractivity contribution < 1.29 is 14.3 Å². The van der Waals surface area contributed by atoms with Gasteiger partial charge in [0.25, 0.3) is 0 Å². The number of fused-ring (bicyclic) bond motifs is 1. The number of hydrogen-bond acceptors (Lipinski definition) is 3. The molecule has 0 spiro atoms. The van der Waals surface area contributed by atoms with Crippen molar-refractivity contribution in [1.29, 1.82) is 0 Å². The van der Waals surface area contributed by atoms with Gasteiger partial charge in [0.1, 0.15) is 0 Å². The van der Waals surface area contributed by atoms with E-state index in [9.17, 15) is 4.79 Å². The number of allylic oxidation sites excluding steroid dienone is 3. The van der Waals surface area contributed by atoms with Crippen LogP contribution in [0.2, 0.25) is 0 Å². The average molecular weight is 384 g/mol. The quantitative estimate of drug-likeness (QED) is 0.331. The lowest BCUT2D eigenvalue weighted by Gasteiger charge is -2.21. The molecule has 1 saturated carbocycles. The van der Waals surface area contributed by atoms with E-state index >= 15 is 0 Å². The molecule has 0 bridgehead atoms. The number of unbranched alkanes of at least 4 members (excludes halogenated alkanes) is 4. The van der Waals surface area contributed by atoms with Crippen molar-refractivity contribution >= 4 is 5.91 Å². The molecule has 1 N–H and O–H groups in total. The maximum atomic E-state index is 11.9. The van der Waals surface area contributed by atoms with Crippen molar-refractivity contribution in [2.45, 2.75) is 76.7 Å². The van der Waals surface area contributed by atoms with Crippen LogP contribution in [0.15, 0.2) is 42.5 Å². The van der Waals surface area contributed by atoms with Crippen LogP contribution < -0.4 is 14.8 Å². The number of amides is 1. The second-order valence-corrected chi connectivity index (χ2v) is 7.77. The first-order chi connectivity index (χ1) is 13.8. The van der Waals surface area contributed by atoms with Crippen LogP contribution >= 0.6 is 0 Å². The molecule has 0 saturated heterocycles. The molecule has 1 aromatic rings. The molecule has 152 valence electrons. The molecule has 0 aromatic heterocycles. The molecule has 1 aliphatic carbocycles. The van der Waals surface area contributed by atoms with Gasteiger partial charge in [-0.05, 0) is 56.2 Å². The molecule has 1 aromatic carbocycles. The first-order valence-electron chi connectivity index (χ1n) is 10.8. The Morgan fingerprint density at radius 3 is 2.71 bits per heavy atom. The minimum atomic E-state index is 0.0417. The fraction of sp³-hybridized carbons (Fsp3) is 0.542. The molecule has 28 heavy (non-hydrogen) atoms. The van der Waals surface area contributed by atoms with E-state index in [0.717, 1.165) is 37.2 Å². The minimum Gasteiger partial charge on any atom is -0.454 e. The lowest BCUT2D eigenvalue weighted by Crippen LogP contribution is -2.34. The number of hydrogen-bond donors (Lipinski definition) is 1. The van der Waals surface area contributed by atoms with Crippen LogP contribution in [0.3, 0.4) is 0 Å². The standard InChI is InChI=1S/C24H33NO3/c26-24(25-21-13-9-7-10-14-21)15-11-6-4-2-1-3-5-8-12-20-16-17-22-23(18-20)28-19-27-22/h4,6,11,15-18,21H,1-3,5,7-10,12-14,19H2,(H,25,26)/b6-4+,15-11+. The first kappa shape index (κ1) is 20.5. The van der Waals surface area contributed by atoms with E-state index in [1.165, 1.54) is 50.5 Å². The van der Waals surface area contributed by atoms with E-state index in [2.05, 4.69) is 23.5 Å². The van der Waals surface area contributed by atoms with E-state index in [0.29, 0.717) is 12.8 Å². The fourth-order valence-electron chi connectivity index (χ4n) is 3.86. The Bertz CT molecular complexity index is 674. The van der Waals surface area contributed by atoms with Crippen LogP contribution in [0.5, 0.6) is 11.5 Å². The third-order valence-electron chi connectivity index (χ3n) is 5.47. The zero-order valence-electron chi connectivity index (χ0n) is 16.8. The van der Waals surface area contributed by atoms with Gasteiger partial charge < -0.3 is 14.8 Å². The van der Waals surface area contributed by atoms with Crippen molar-refractivity contribution in [3.05, 3.63) is 48.1 Å². The fourth-order valence-corrected chi connectivity index (χ4v) is 3.86. The van der Waals surface area contributed by atoms with Crippen molar-refractivity contribution in [2.24, 2.45) is 0 Å². The van der Waals surface area contributed by atoms with Crippen LogP contribution in [-0.4, -0.2) is 18.7 Å². The minimum absolute atomic E-state index is 0.0417. The summed E-state index contributed by atoms with van der Waals surface area (Å²) in [4.78, 5) is 11.9. The molecule has 0 radical (unpaired) electrons. The summed E-state index contributed by atoms with van der Waals surface area (Å²) in [5.74, 6) is 1.78. The lowest BCUT2D eigenvalue weighted by molar-refractivity contribution is -0.117. The summed E-state index contributed by atoms with van der Waals surface area (Å²) in [5, 5.41) is 3.10. The number of benzene rings is 1. The topological polar surface area (TPSA) is 47.6 Å². The smallest absolute Gasteiger partial charge is 0.244 e. The van der Waals surface area contributed by atoms with Crippen molar-refractivity contribution in [3.63, 3.8) is 0 Å². The van der Waals surface area contributed by atoms with Gasteiger partial charge in [-0.15, -0.1) is 0 Å². The molecule has 2 aliphatic rings. The van der Waals surface area contributed by atoms with E-state index < -0.39 is 0 Å². The molecule has 1 amide bonds. The largest absolute Gasteiger partial charge is 0.454 e. The summed E-state index contributed by atoms with van der Waals surface area (Å²) < 4.78 is 10.8. The Kier molecular flexibility index (Phi) is 8.48. The van der Waals surface area contributed by atoms with E-state index in [1.807, 2.05) is 18.2 Å². The van der Waals surface area contributed by atoms with E-state index in [1.54, 1.807) is 6.08 Å². The number of carbonyl (C=O) groups is 1. The Labute approximate surface area is 169 Å². The molecule has 1 aliphatic heterocycles. The zero-order valence-corrected chi connectivity index (χ0v) is 16.8. The Balaban J connectivity index is 1.19. The van der Waals surface area contributed by atoms with Crippen LogP contribution in [0.25, 0.3) is 0 Å². The van der Waals surface area contributed by atoms with Gasteiger partial charge in [-0.25, -0.2) is 0 Å². The summed E-state index contributed by atoms with van der Waals surface area (Å²) in [6.07, 6.45) is 20.7. The Morgan fingerprint density at radius 1 is 1.00 bits per heavy atom. The van der Waals surface area contributed by atoms with Gasteiger partial charge in [-0.1, -0.05) is 56.4 Å². The normalized spacial score (nSPS) is 16.9. The maximum absolute atomic E-state index is 11.9. The highest BCUT2D eigenvalue weighted by Gasteiger charge is 2.14. The first-order valence-corrected chi connectivity index (χ1v) is 10.8. The number of ether oxygens (including phenoxy) is 2. The number of nitrogens with one attached hydrogen (secondary N) is 1. The van der Waals surface area contributed by atoms with Crippen molar-refractivity contribution in [3.8, 4) is 11.5 Å². The molecule has 1 heterocycles. The second-order valence-electron chi connectivity index (χ2n) is 7.77. The van der Waals surface area contributed by atoms with Gasteiger partial charge in [-0.2, -0.15) is 0 Å². The van der Waals surface area contributed by atoms with Gasteiger partial charge >= 0.3 is 0 Å². The molecule has 4 heteroatoms. The van der Waals surface area contributed by atoms with Crippen LogP contribution in [0.1, 0.15) is 69.8 Å². The van der Waals surface area contributed by atoms with Crippen molar-refractivity contribution in [1.82, 2.24) is 5.32 Å². The number of carbonyl (C=O) groups excluding carboxylic acids is 1. The number of aryl methyl sites for hydroxylation is 1. The monoisotopic (exact) mass is 383 g/mol. The molecule has 1 fully saturated rings. The summed E-state index contributed by atoms with van der Waals surface area (Å²) in [7, 11) is 0. The van der Waals surface area contributed by atoms with Crippen LogP contribution in [-0.2, 0) is 11.2 Å². The van der Waals surface area contributed by atoms with Crippen LogP contribution in [0, 0.1) is 0 Å². The summed E-state index contributed by atoms with van der Waals surface area (Å²) in [5.41, 5.74) is 1.32. The van der Waals surface area contributed by atoms with Gasteiger partial charge in [-0.3, -0.25) is 4.79 Å². The molecular formula is C24H33NO3. The third-order valence-corrected chi connectivity index (χ3v) is 5.47. The molecule has 3 rings (SSSR count). The van der Waals surface area contributed by atoms with Gasteiger partial charge in [0.05, 0.1) is 0 Å². The molecule has 0 atom stereocenters. The number of rotatable bonds is 10. The van der Waals surface area contributed by atoms with Gasteiger partial charge in [0.2, 0.25) is 12.7 Å². The second kappa shape index (κ2) is 11.6. The molecule has 4 nitrogen and oxygen atoms in total. The van der Waals surface area contributed by atoms with Gasteiger partial charge in [0.15, 0.2) is 11.5 Å². The Morgan fingerprint density at radius 2 is 1.82 bits per heavy atom. The summed E-state index contributed by atoms with van der Waals surface area (Å²) in [6.45, 7) is 0.340. The summed E-state index contributed by atoms with van der Waals surface area (Å²) in [6, 6.07) is 6.62. The highest BCUT2D eigenvalue weighted by atomic mass is 16.7. The van der Waals surface area contributed by atoms with E-state index in [4.69, 9.17) is 9.47 Å². The predicted octanol–water partition coefficient (Wildman–Crippen LogP) is 5.47.